The van der Waals surface area contributed by atoms with Crippen molar-refractivity contribution in [2.24, 2.45) is 5.92 Å². The Morgan fingerprint density at radius 1 is 1.29 bits per heavy atom. The predicted molar refractivity (Wildman–Crippen MR) is 81.5 cm³/mol. The monoisotopic (exact) mass is 289 g/mol. The van der Waals surface area contributed by atoms with E-state index >= 15 is 0 Å². The van der Waals surface area contributed by atoms with Gasteiger partial charge in [0.15, 0.2) is 0 Å². The predicted octanol–water partition coefficient (Wildman–Crippen LogP) is 3.90. The minimum Gasteiger partial charge on any atom is -0.342 e. The third kappa shape index (κ3) is 2.70. The lowest BCUT2D eigenvalue weighted by atomic mass is 9.77. The summed E-state index contributed by atoms with van der Waals surface area (Å²) in [6.45, 7) is 3.93. The lowest BCUT2D eigenvalue weighted by Gasteiger charge is -2.38. The Morgan fingerprint density at radius 2 is 2.05 bits per heavy atom. The highest BCUT2D eigenvalue weighted by molar-refractivity contribution is 5.88. The molecule has 0 N–H and O–H groups in total. The van der Waals surface area contributed by atoms with Crippen LogP contribution in [0.1, 0.15) is 51.0 Å². The van der Waals surface area contributed by atoms with Gasteiger partial charge in [-0.05, 0) is 49.3 Å². The molecule has 1 aromatic rings. The van der Waals surface area contributed by atoms with Gasteiger partial charge < -0.3 is 4.90 Å². The number of carbonyl (C=O) groups excluding carboxylic acids is 1. The fourth-order valence-corrected chi connectivity index (χ4v) is 4.07. The summed E-state index contributed by atoms with van der Waals surface area (Å²) in [7, 11) is 0. The zero-order chi connectivity index (χ0) is 14.9. The van der Waals surface area contributed by atoms with E-state index in [1.165, 1.54) is 12.5 Å². The number of amides is 1. The Hall–Kier alpha value is -1.38. The number of likely N-dealkylation sites (tertiary alicyclic amines) is 1. The van der Waals surface area contributed by atoms with E-state index in [4.69, 9.17) is 0 Å². The number of halogens is 1. The lowest BCUT2D eigenvalue weighted by Crippen LogP contribution is -2.49. The summed E-state index contributed by atoms with van der Waals surface area (Å²) in [5, 5.41) is 0. The summed E-state index contributed by atoms with van der Waals surface area (Å²) in [4.78, 5) is 15.2. The van der Waals surface area contributed by atoms with Crippen molar-refractivity contribution in [2.75, 3.05) is 13.1 Å². The van der Waals surface area contributed by atoms with Crippen LogP contribution in [0.4, 0.5) is 4.39 Å². The number of hydrogen-bond donors (Lipinski definition) is 0. The average Bonchev–Trinajstić information content (AvgIpc) is 2.97. The topological polar surface area (TPSA) is 20.3 Å². The molecule has 3 heteroatoms. The Bertz CT molecular complexity index is 522. The zero-order valence-corrected chi connectivity index (χ0v) is 12.8. The van der Waals surface area contributed by atoms with Gasteiger partial charge in [0.1, 0.15) is 5.82 Å². The highest BCUT2D eigenvalue weighted by atomic mass is 19.1. The van der Waals surface area contributed by atoms with Gasteiger partial charge in [0.25, 0.3) is 0 Å². The van der Waals surface area contributed by atoms with E-state index in [-0.39, 0.29) is 11.7 Å². The van der Waals surface area contributed by atoms with Crippen molar-refractivity contribution >= 4 is 5.91 Å². The molecule has 114 valence electrons. The second kappa shape index (κ2) is 5.78. The molecule has 1 aliphatic carbocycles. The van der Waals surface area contributed by atoms with Crippen LogP contribution in [0, 0.1) is 11.7 Å². The number of rotatable bonds is 2. The Labute approximate surface area is 126 Å². The van der Waals surface area contributed by atoms with Crippen LogP contribution in [0.2, 0.25) is 0 Å². The van der Waals surface area contributed by atoms with E-state index < -0.39 is 5.41 Å². The summed E-state index contributed by atoms with van der Waals surface area (Å²) in [6.07, 6.45) is 6.14. The molecular formula is C18H24FNO. The first-order valence-corrected chi connectivity index (χ1v) is 8.17. The van der Waals surface area contributed by atoms with Crippen molar-refractivity contribution in [1.29, 1.82) is 0 Å². The van der Waals surface area contributed by atoms with E-state index in [2.05, 4.69) is 6.92 Å². The SMILES string of the molecule is CC1CCCN(C(=O)C2(c3cccc(F)c3)CCCC2)C1. The number of nitrogens with zero attached hydrogens (tertiary/aromatic N) is 1. The molecule has 2 aliphatic rings. The fraction of sp³-hybridized carbons (Fsp3) is 0.611. The smallest absolute Gasteiger partial charge is 0.233 e. The van der Waals surface area contributed by atoms with E-state index in [1.807, 2.05) is 11.0 Å². The Morgan fingerprint density at radius 3 is 2.71 bits per heavy atom. The number of benzene rings is 1. The molecule has 1 heterocycles. The number of carbonyl (C=O) groups is 1. The normalized spacial score (nSPS) is 25.0. The second-order valence-electron chi connectivity index (χ2n) is 6.80. The van der Waals surface area contributed by atoms with Crippen molar-refractivity contribution in [3.63, 3.8) is 0 Å². The molecule has 2 fully saturated rings. The standard InChI is InChI=1S/C18H24FNO/c1-14-6-5-11-20(13-14)17(21)18(9-2-3-10-18)15-7-4-8-16(19)12-15/h4,7-8,12,14H,2-3,5-6,9-11,13H2,1H3. The Balaban J connectivity index is 1.92. The molecule has 0 bridgehead atoms. The van der Waals surface area contributed by atoms with Crippen LogP contribution in [-0.2, 0) is 10.2 Å². The van der Waals surface area contributed by atoms with Crippen LogP contribution in [0.15, 0.2) is 24.3 Å². The molecule has 0 aromatic heterocycles. The van der Waals surface area contributed by atoms with Gasteiger partial charge >= 0.3 is 0 Å². The van der Waals surface area contributed by atoms with Crippen LogP contribution >= 0.6 is 0 Å². The van der Waals surface area contributed by atoms with E-state index in [0.29, 0.717) is 5.92 Å². The molecule has 1 saturated carbocycles. The molecule has 21 heavy (non-hydrogen) atoms. The van der Waals surface area contributed by atoms with Crippen LogP contribution in [-0.4, -0.2) is 23.9 Å². The molecule has 0 spiro atoms. The first-order valence-electron chi connectivity index (χ1n) is 8.17. The summed E-state index contributed by atoms with van der Waals surface area (Å²) >= 11 is 0. The van der Waals surface area contributed by atoms with Gasteiger partial charge in [-0.15, -0.1) is 0 Å². The molecule has 1 amide bonds. The minimum atomic E-state index is -0.473. The highest BCUT2D eigenvalue weighted by Gasteiger charge is 2.45. The number of piperidine rings is 1. The minimum absolute atomic E-state index is 0.233. The maximum atomic E-state index is 13.6. The van der Waals surface area contributed by atoms with Crippen LogP contribution in [0.3, 0.4) is 0 Å². The van der Waals surface area contributed by atoms with Gasteiger partial charge in [0, 0.05) is 13.1 Å². The molecule has 0 radical (unpaired) electrons. The molecule has 1 atom stereocenters. The van der Waals surface area contributed by atoms with Gasteiger partial charge in [0.05, 0.1) is 5.41 Å². The fourth-order valence-electron chi connectivity index (χ4n) is 4.07. The molecule has 1 saturated heterocycles. The molecule has 1 unspecified atom stereocenters. The average molecular weight is 289 g/mol. The first kappa shape index (κ1) is 14.6. The largest absolute Gasteiger partial charge is 0.342 e. The van der Waals surface area contributed by atoms with Crippen molar-refractivity contribution in [3.8, 4) is 0 Å². The maximum Gasteiger partial charge on any atom is 0.233 e. The number of hydrogen-bond acceptors (Lipinski definition) is 1. The van der Waals surface area contributed by atoms with Crippen LogP contribution in [0.25, 0.3) is 0 Å². The van der Waals surface area contributed by atoms with E-state index in [0.717, 1.165) is 50.8 Å². The quantitative estimate of drug-likeness (QED) is 0.808. The summed E-state index contributed by atoms with van der Waals surface area (Å²) in [6, 6.07) is 6.69. The van der Waals surface area contributed by atoms with Crippen molar-refractivity contribution in [1.82, 2.24) is 4.90 Å². The zero-order valence-electron chi connectivity index (χ0n) is 12.8. The molecular weight excluding hydrogens is 265 g/mol. The van der Waals surface area contributed by atoms with E-state index in [1.54, 1.807) is 12.1 Å². The maximum absolute atomic E-state index is 13.6. The van der Waals surface area contributed by atoms with Crippen molar-refractivity contribution in [2.45, 2.75) is 50.9 Å². The first-order chi connectivity index (χ1) is 10.1. The van der Waals surface area contributed by atoms with E-state index in [9.17, 15) is 9.18 Å². The summed E-state index contributed by atoms with van der Waals surface area (Å²) < 4.78 is 13.6. The van der Waals surface area contributed by atoms with Gasteiger partial charge in [-0.2, -0.15) is 0 Å². The molecule has 3 rings (SSSR count). The third-order valence-corrected chi connectivity index (χ3v) is 5.19. The summed E-state index contributed by atoms with van der Waals surface area (Å²) in [5.74, 6) is 0.574. The van der Waals surface area contributed by atoms with Gasteiger partial charge in [-0.25, -0.2) is 4.39 Å². The second-order valence-corrected chi connectivity index (χ2v) is 6.80. The van der Waals surface area contributed by atoms with Crippen LogP contribution < -0.4 is 0 Å². The molecule has 1 aromatic carbocycles. The van der Waals surface area contributed by atoms with Gasteiger partial charge in [-0.3, -0.25) is 4.79 Å². The van der Waals surface area contributed by atoms with Gasteiger partial charge in [-0.1, -0.05) is 31.9 Å². The molecule has 1 aliphatic heterocycles. The van der Waals surface area contributed by atoms with Crippen molar-refractivity contribution in [3.05, 3.63) is 35.6 Å². The highest BCUT2D eigenvalue weighted by Crippen LogP contribution is 2.43. The Kier molecular flexibility index (Phi) is 4.01. The van der Waals surface area contributed by atoms with Crippen molar-refractivity contribution < 1.29 is 9.18 Å². The third-order valence-electron chi connectivity index (χ3n) is 5.19. The summed E-state index contributed by atoms with van der Waals surface area (Å²) in [5.41, 5.74) is 0.405. The lowest BCUT2D eigenvalue weighted by molar-refractivity contribution is -0.139. The van der Waals surface area contributed by atoms with Crippen LogP contribution in [0.5, 0.6) is 0 Å². The van der Waals surface area contributed by atoms with Gasteiger partial charge in [0.2, 0.25) is 5.91 Å². The molecule has 2 nitrogen and oxygen atoms in total.